The number of nitrogens with one attached hydrogen (secondary N) is 1. The first-order valence-corrected chi connectivity index (χ1v) is 11.5. The van der Waals surface area contributed by atoms with Gasteiger partial charge in [0.15, 0.2) is 5.82 Å². The van der Waals surface area contributed by atoms with Crippen LogP contribution < -0.4 is 15.9 Å². The van der Waals surface area contributed by atoms with Crippen molar-refractivity contribution in [1.82, 2.24) is 20.2 Å². The lowest BCUT2D eigenvalue weighted by molar-refractivity contribution is -0.118. The number of thioether (sulfide) groups is 2. The summed E-state index contributed by atoms with van der Waals surface area (Å²) in [5.41, 5.74) is 2.10. The zero-order chi connectivity index (χ0) is 21.3. The molecule has 0 atom stereocenters. The topological polar surface area (TPSA) is 95.1 Å². The summed E-state index contributed by atoms with van der Waals surface area (Å²) in [6, 6.07) is 16.1. The summed E-state index contributed by atoms with van der Waals surface area (Å²) in [7, 11) is 0. The molecule has 1 aromatic heterocycles. The highest BCUT2D eigenvalue weighted by atomic mass is 32.2. The van der Waals surface area contributed by atoms with Gasteiger partial charge in [0, 0.05) is 17.2 Å². The monoisotopic (exact) mass is 443 g/mol. The number of rotatable bonds is 10. The summed E-state index contributed by atoms with van der Waals surface area (Å²) in [5, 5.41) is 11.5. The van der Waals surface area contributed by atoms with E-state index in [1.165, 1.54) is 21.3 Å². The van der Waals surface area contributed by atoms with Crippen LogP contribution in [0, 0.1) is 13.8 Å². The van der Waals surface area contributed by atoms with Gasteiger partial charge in [0.1, 0.15) is 12.4 Å². The van der Waals surface area contributed by atoms with Gasteiger partial charge in [-0.2, -0.15) is 0 Å². The van der Waals surface area contributed by atoms with Crippen LogP contribution in [0.4, 0.5) is 0 Å². The summed E-state index contributed by atoms with van der Waals surface area (Å²) in [5.74, 6) is 8.37. The highest BCUT2D eigenvalue weighted by molar-refractivity contribution is 7.99. The van der Waals surface area contributed by atoms with E-state index in [0.717, 1.165) is 22.6 Å². The first kappa shape index (κ1) is 22.0. The molecular formula is C21H25N5O2S2. The standard InChI is InChI=1S/C21H25N5O2S2/c1-15-7-6-8-16(2)20(15)28-13-18-24-25-21(26(18)22)30-14-19(27)23-11-12-29-17-9-4-3-5-10-17/h3-10H,11-14,22H2,1-2H3,(H,23,27). The number of carbonyl (C=O) groups is 1. The Labute approximate surface area is 184 Å². The zero-order valence-electron chi connectivity index (χ0n) is 17.0. The van der Waals surface area contributed by atoms with Crippen molar-refractivity contribution >= 4 is 29.4 Å². The second-order valence-electron chi connectivity index (χ2n) is 6.58. The molecule has 30 heavy (non-hydrogen) atoms. The van der Waals surface area contributed by atoms with E-state index < -0.39 is 0 Å². The first-order chi connectivity index (χ1) is 14.5. The molecule has 1 amide bonds. The van der Waals surface area contributed by atoms with Crippen molar-refractivity contribution in [2.45, 2.75) is 30.5 Å². The Morgan fingerprint density at radius 2 is 1.80 bits per heavy atom. The molecule has 9 heteroatoms. The molecule has 0 saturated heterocycles. The molecule has 158 valence electrons. The SMILES string of the molecule is Cc1cccc(C)c1OCc1nnc(SCC(=O)NCCSc2ccccc2)n1N. The Balaban J connectivity index is 1.41. The average molecular weight is 444 g/mol. The third-order valence-corrected chi connectivity index (χ3v) is 6.21. The summed E-state index contributed by atoms with van der Waals surface area (Å²) in [6.45, 7) is 4.79. The van der Waals surface area contributed by atoms with E-state index in [1.807, 2.05) is 50.2 Å². The molecule has 7 nitrogen and oxygen atoms in total. The summed E-state index contributed by atoms with van der Waals surface area (Å²) in [4.78, 5) is 13.3. The molecule has 0 unspecified atom stereocenters. The summed E-state index contributed by atoms with van der Waals surface area (Å²) >= 11 is 2.95. The smallest absolute Gasteiger partial charge is 0.230 e. The van der Waals surface area contributed by atoms with Crippen molar-refractivity contribution in [2.24, 2.45) is 0 Å². The quantitative estimate of drug-likeness (QED) is 0.282. The molecule has 0 fully saturated rings. The van der Waals surface area contributed by atoms with Crippen molar-refractivity contribution in [3.05, 3.63) is 65.5 Å². The summed E-state index contributed by atoms with van der Waals surface area (Å²) < 4.78 is 7.25. The number of ether oxygens (including phenoxy) is 1. The maximum atomic E-state index is 12.1. The number of amides is 1. The van der Waals surface area contributed by atoms with E-state index in [4.69, 9.17) is 10.6 Å². The minimum atomic E-state index is -0.0648. The summed E-state index contributed by atoms with van der Waals surface area (Å²) in [6.07, 6.45) is 0. The van der Waals surface area contributed by atoms with Crippen molar-refractivity contribution in [2.75, 3.05) is 23.9 Å². The van der Waals surface area contributed by atoms with Gasteiger partial charge in [-0.05, 0) is 37.1 Å². The van der Waals surface area contributed by atoms with E-state index in [-0.39, 0.29) is 18.3 Å². The molecule has 2 aromatic carbocycles. The maximum absolute atomic E-state index is 12.1. The Morgan fingerprint density at radius 3 is 2.53 bits per heavy atom. The van der Waals surface area contributed by atoms with Gasteiger partial charge in [-0.15, -0.1) is 22.0 Å². The third-order valence-electron chi connectivity index (χ3n) is 4.26. The van der Waals surface area contributed by atoms with Gasteiger partial charge < -0.3 is 15.9 Å². The molecule has 3 rings (SSSR count). The van der Waals surface area contributed by atoms with Gasteiger partial charge in [-0.25, -0.2) is 4.68 Å². The fourth-order valence-electron chi connectivity index (χ4n) is 2.72. The zero-order valence-corrected chi connectivity index (χ0v) is 18.6. The molecule has 3 aromatic rings. The predicted octanol–water partition coefficient (Wildman–Crippen LogP) is 3.19. The van der Waals surface area contributed by atoms with Gasteiger partial charge in [-0.1, -0.05) is 48.2 Å². The number of aryl methyl sites for hydroxylation is 2. The number of aromatic nitrogens is 3. The number of nitrogens with two attached hydrogens (primary N) is 1. The van der Waals surface area contributed by atoms with Crippen LogP contribution >= 0.6 is 23.5 Å². The molecule has 1 heterocycles. The molecule has 0 spiro atoms. The van der Waals surface area contributed by atoms with Crippen LogP contribution in [0.1, 0.15) is 17.0 Å². The number of hydrogen-bond donors (Lipinski definition) is 2. The first-order valence-electron chi connectivity index (χ1n) is 9.50. The van der Waals surface area contributed by atoms with Crippen LogP contribution in [0.15, 0.2) is 58.6 Å². The van der Waals surface area contributed by atoms with Crippen molar-refractivity contribution < 1.29 is 9.53 Å². The molecule has 0 aliphatic heterocycles. The van der Waals surface area contributed by atoms with Crippen molar-refractivity contribution in [1.29, 1.82) is 0 Å². The lowest BCUT2D eigenvalue weighted by Gasteiger charge is -2.11. The number of nitrogen functional groups attached to an aromatic ring is 1. The molecule has 0 radical (unpaired) electrons. The molecule has 0 aliphatic carbocycles. The lowest BCUT2D eigenvalue weighted by atomic mass is 10.1. The number of carbonyl (C=O) groups excluding carboxylic acids is 1. The Hall–Kier alpha value is -2.65. The number of para-hydroxylation sites is 1. The van der Waals surface area contributed by atoms with Crippen LogP contribution in [-0.4, -0.2) is 38.8 Å². The van der Waals surface area contributed by atoms with E-state index in [1.54, 1.807) is 11.8 Å². The fourth-order valence-corrected chi connectivity index (χ4v) is 4.22. The third kappa shape index (κ3) is 6.17. The second-order valence-corrected chi connectivity index (χ2v) is 8.69. The van der Waals surface area contributed by atoms with E-state index in [0.29, 0.717) is 17.5 Å². The molecule has 0 saturated carbocycles. The van der Waals surface area contributed by atoms with E-state index >= 15 is 0 Å². The fraction of sp³-hybridized carbons (Fsp3) is 0.286. The van der Waals surface area contributed by atoms with Crippen LogP contribution in [-0.2, 0) is 11.4 Å². The van der Waals surface area contributed by atoms with Crippen molar-refractivity contribution in [3.8, 4) is 5.75 Å². The maximum Gasteiger partial charge on any atom is 0.230 e. The molecule has 0 aliphatic rings. The van der Waals surface area contributed by atoms with Gasteiger partial charge >= 0.3 is 0 Å². The highest BCUT2D eigenvalue weighted by Gasteiger charge is 2.13. The van der Waals surface area contributed by atoms with E-state index in [9.17, 15) is 4.79 Å². The lowest BCUT2D eigenvalue weighted by Crippen LogP contribution is -2.27. The van der Waals surface area contributed by atoms with Crippen LogP contribution in [0.25, 0.3) is 0 Å². The Morgan fingerprint density at radius 1 is 1.07 bits per heavy atom. The van der Waals surface area contributed by atoms with Gasteiger partial charge in [0.2, 0.25) is 11.1 Å². The van der Waals surface area contributed by atoms with Crippen molar-refractivity contribution in [3.63, 3.8) is 0 Å². The normalized spacial score (nSPS) is 10.7. The van der Waals surface area contributed by atoms with Gasteiger partial charge in [-0.3, -0.25) is 4.79 Å². The van der Waals surface area contributed by atoms with Gasteiger partial charge in [0.05, 0.1) is 5.75 Å². The molecule has 0 bridgehead atoms. The van der Waals surface area contributed by atoms with Crippen LogP contribution in [0.3, 0.4) is 0 Å². The van der Waals surface area contributed by atoms with Crippen LogP contribution in [0.2, 0.25) is 0 Å². The minimum Gasteiger partial charge on any atom is -0.485 e. The largest absolute Gasteiger partial charge is 0.485 e. The second kappa shape index (κ2) is 10.9. The van der Waals surface area contributed by atoms with E-state index in [2.05, 4.69) is 27.6 Å². The molecular weight excluding hydrogens is 418 g/mol. The average Bonchev–Trinajstić information content (AvgIpc) is 3.09. The number of nitrogens with zero attached hydrogens (tertiary/aromatic N) is 3. The highest BCUT2D eigenvalue weighted by Crippen LogP contribution is 2.23. The predicted molar refractivity (Wildman–Crippen MR) is 121 cm³/mol. The molecule has 3 N–H and O–H groups in total. The van der Waals surface area contributed by atoms with Gasteiger partial charge in [0.25, 0.3) is 0 Å². The number of hydrogen-bond acceptors (Lipinski definition) is 7. The van der Waals surface area contributed by atoms with Crippen LogP contribution in [0.5, 0.6) is 5.75 Å². The minimum absolute atomic E-state index is 0.0648. The number of benzene rings is 2. The Bertz CT molecular complexity index is 959. The Kier molecular flexibility index (Phi) is 8.04.